The number of fused-ring (bicyclic) bond motifs is 1. The highest BCUT2D eigenvalue weighted by Gasteiger charge is 2.43. The molecule has 2 aromatic rings. The number of aromatic nitrogens is 2. The molecular formula is C29H41N4O3S+. The molecule has 1 saturated heterocycles. The monoisotopic (exact) mass is 525 g/mol. The normalized spacial score (nSPS) is 24.3. The molecule has 8 heteroatoms. The lowest BCUT2D eigenvalue weighted by molar-refractivity contribution is 0.0349. The number of anilines is 1. The van der Waals surface area contributed by atoms with Gasteiger partial charge in [-0.05, 0) is 73.4 Å². The lowest BCUT2D eigenvalue weighted by Gasteiger charge is -2.40. The van der Waals surface area contributed by atoms with Crippen LogP contribution >= 0.6 is 0 Å². The summed E-state index contributed by atoms with van der Waals surface area (Å²) in [4.78, 5) is 11.5. The van der Waals surface area contributed by atoms with E-state index in [1.807, 2.05) is 19.3 Å². The summed E-state index contributed by atoms with van der Waals surface area (Å²) in [7, 11) is -2.90. The van der Waals surface area contributed by atoms with E-state index in [0.717, 1.165) is 63.3 Å². The van der Waals surface area contributed by atoms with Gasteiger partial charge in [-0.3, -0.25) is 0 Å². The maximum absolute atomic E-state index is 12.5. The first-order valence-electron chi connectivity index (χ1n) is 13.9. The smallest absolute Gasteiger partial charge is 0.345 e. The van der Waals surface area contributed by atoms with Crippen molar-refractivity contribution in [1.29, 1.82) is 0 Å². The quantitative estimate of drug-likeness (QED) is 0.452. The van der Waals surface area contributed by atoms with Gasteiger partial charge in [-0.25, -0.2) is 14.2 Å². The van der Waals surface area contributed by atoms with Crippen molar-refractivity contribution >= 4 is 21.5 Å². The maximum Gasteiger partial charge on any atom is 0.345 e. The largest absolute Gasteiger partial charge is 0.487 e. The topological polar surface area (TPSA) is 80.0 Å². The zero-order valence-electron chi connectivity index (χ0n) is 22.5. The SMILES string of the molecule is CCCc1cnc(N2CCC(C3(C)Cc4cc(C5=CCN(S(=O)(=[OH+])CCC)CC5)ccc4O3)CC2)nc1. The Labute approximate surface area is 222 Å². The predicted molar refractivity (Wildman–Crippen MR) is 150 cm³/mol. The van der Waals surface area contributed by atoms with Crippen molar-refractivity contribution in [3.63, 3.8) is 0 Å². The molecule has 1 fully saturated rings. The van der Waals surface area contributed by atoms with E-state index < -0.39 is 10.0 Å². The third-order valence-corrected chi connectivity index (χ3v) is 10.3. The van der Waals surface area contributed by atoms with Crippen molar-refractivity contribution in [3.8, 4) is 5.75 Å². The van der Waals surface area contributed by atoms with Gasteiger partial charge in [0.15, 0.2) is 0 Å². The van der Waals surface area contributed by atoms with Crippen LogP contribution in [0, 0.1) is 5.92 Å². The summed E-state index contributed by atoms with van der Waals surface area (Å²) in [6.07, 6.45) is 12.8. The number of nitrogens with zero attached hydrogens (tertiary/aromatic N) is 4. The Hall–Kier alpha value is -2.45. The van der Waals surface area contributed by atoms with E-state index in [4.69, 9.17) is 4.74 Å². The molecule has 0 radical (unpaired) electrons. The summed E-state index contributed by atoms with van der Waals surface area (Å²) < 4.78 is 31.2. The van der Waals surface area contributed by atoms with Crippen molar-refractivity contribution in [2.24, 2.45) is 5.92 Å². The van der Waals surface area contributed by atoms with Gasteiger partial charge in [0.1, 0.15) is 17.1 Å². The zero-order valence-corrected chi connectivity index (χ0v) is 23.3. The van der Waals surface area contributed by atoms with Gasteiger partial charge < -0.3 is 9.64 Å². The second kappa shape index (κ2) is 10.7. The van der Waals surface area contributed by atoms with Crippen LogP contribution in [0.2, 0.25) is 0 Å². The lowest BCUT2D eigenvalue weighted by Crippen LogP contribution is -2.46. The standard InChI is InChI=1S/C29H40N4O3S/c1-4-6-22-20-30-28(31-21-22)32-13-11-26(12-14-32)29(3)19-25-18-24(7-8-27(25)36-29)23-9-15-33(16-10-23)37(34,35)17-5-2/h7-9,18,20-21,26H,4-6,10-17,19H2,1-3H3/p+1. The van der Waals surface area contributed by atoms with E-state index in [0.29, 0.717) is 31.2 Å². The second-order valence-electron chi connectivity index (χ2n) is 11.0. The Morgan fingerprint density at radius 1 is 1.14 bits per heavy atom. The van der Waals surface area contributed by atoms with Gasteiger partial charge in [-0.1, -0.05) is 32.4 Å². The summed E-state index contributed by atoms with van der Waals surface area (Å²) >= 11 is 0. The lowest BCUT2D eigenvalue weighted by atomic mass is 9.79. The minimum absolute atomic E-state index is 0.195. The highest BCUT2D eigenvalue weighted by molar-refractivity contribution is 7.89. The Morgan fingerprint density at radius 3 is 2.54 bits per heavy atom. The highest BCUT2D eigenvalue weighted by atomic mass is 32.2. The van der Waals surface area contributed by atoms with Gasteiger partial charge in [0.25, 0.3) is 0 Å². The Morgan fingerprint density at radius 2 is 1.89 bits per heavy atom. The molecule has 0 aliphatic carbocycles. The molecule has 0 bridgehead atoms. The van der Waals surface area contributed by atoms with E-state index in [2.05, 4.69) is 53.0 Å². The molecule has 200 valence electrons. The van der Waals surface area contributed by atoms with Gasteiger partial charge in [-0.15, -0.1) is 0 Å². The molecule has 1 aromatic heterocycles. The first-order valence-corrected chi connectivity index (χ1v) is 15.5. The van der Waals surface area contributed by atoms with Crippen LogP contribution < -0.4 is 9.64 Å². The Balaban J connectivity index is 1.21. The summed E-state index contributed by atoms with van der Waals surface area (Å²) in [6.45, 7) is 9.45. The molecule has 7 nitrogen and oxygen atoms in total. The van der Waals surface area contributed by atoms with Crippen molar-refractivity contribution in [1.82, 2.24) is 14.3 Å². The van der Waals surface area contributed by atoms with Crippen LogP contribution in [0.1, 0.15) is 69.6 Å². The number of hydrogen-bond acceptors (Lipinski definition) is 5. The fourth-order valence-corrected chi connectivity index (χ4v) is 7.57. The third-order valence-electron chi connectivity index (χ3n) is 8.23. The van der Waals surface area contributed by atoms with E-state index in [9.17, 15) is 8.42 Å². The molecule has 5 rings (SSSR count). The van der Waals surface area contributed by atoms with E-state index in [1.165, 1.54) is 22.3 Å². The number of hydrogen-bond donors (Lipinski definition) is 0. The summed E-state index contributed by atoms with van der Waals surface area (Å²) in [5, 5.41) is 0. The van der Waals surface area contributed by atoms with Crippen LogP contribution in [-0.4, -0.2) is 60.2 Å². The van der Waals surface area contributed by atoms with Gasteiger partial charge in [0, 0.05) is 50.9 Å². The number of aryl methyl sites for hydroxylation is 1. The van der Waals surface area contributed by atoms with Gasteiger partial charge in [0.05, 0.1) is 0 Å². The first-order chi connectivity index (χ1) is 17.8. The predicted octanol–water partition coefficient (Wildman–Crippen LogP) is 5.03. The molecule has 3 aliphatic heterocycles. The number of ether oxygens (including phenoxy) is 1. The number of piperidine rings is 1. The van der Waals surface area contributed by atoms with Crippen molar-refractivity contribution in [3.05, 3.63) is 53.4 Å². The number of benzene rings is 1. The molecule has 4 heterocycles. The van der Waals surface area contributed by atoms with Crippen molar-refractivity contribution < 1.29 is 13.2 Å². The number of rotatable bonds is 8. The molecule has 0 spiro atoms. The molecule has 2 unspecified atom stereocenters. The van der Waals surface area contributed by atoms with E-state index >= 15 is 0 Å². The summed E-state index contributed by atoms with van der Waals surface area (Å²) in [5.41, 5.74) is 4.76. The zero-order chi connectivity index (χ0) is 26.0. The van der Waals surface area contributed by atoms with Crippen LogP contribution in [0.5, 0.6) is 5.75 Å². The minimum atomic E-state index is -2.90. The highest BCUT2D eigenvalue weighted by Crippen LogP contribution is 2.44. The van der Waals surface area contributed by atoms with E-state index in [1.54, 1.807) is 4.31 Å². The van der Waals surface area contributed by atoms with Crippen LogP contribution in [0.4, 0.5) is 5.95 Å². The van der Waals surface area contributed by atoms with Gasteiger partial charge >= 0.3 is 10.0 Å². The third kappa shape index (κ3) is 5.55. The second-order valence-corrected chi connectivity index (χ2v) is 13.1. The molecule has 2 atom stereocenters. The molecular weight excluding hydrogens is 484 g/mol. The van der Waals surface area contributed by atoms with Gasteiger partial charge in [0.2, 0.25) is 5.95 Å². The molecule has 3 aliphatic rings. The summed E-state index contributed by atoms with van der Waals surface area (Å²) in [5.74, 6) is 2.66. The Kier molecular flexibility index (Phi) is 7.59. The average molecular weight is 526 g/mol. The fourth-order valence-electron chi connectivity index (χ4n) is 6.10. The maximum atomic E-state index is 12.5. The first kappa shape index (κ1) is 26.2. The van der Waals surface area contributed by atoms with Crippen LogP contribution in [0.3, 0.4) is 0 Å². The van der Waals surface area contributed by atoms with Crippen molar-refractivity contribution in [2.45, 2.75) is 71.3 Å². The van der Waals surface area contributed by atoms with E-state index in [-0.39, 0.29) is 5.60 Å². The average Bonchev–Trinajstić information content (AvgIpc) is 3.26. The summed E-state index contributed by atoms with van der Waals surface area (Å²) in [6, 6.07) is 6.55. The molecule has 1 N–H and O–H groups in total. The van der Waals surface area contributed by atoms with Crippen LogP contribution in [-0.2, 0) is 22.9 Å². The molecule has 0 saturated carbocycles. The van der Waals surface area contributed by atoms with Crippen LogP contribution in [0.15, 0.2) is 36.7 Å². The fraction of sp³-hybridized carbons (Fsp3) is 0.586. The van der Waals surface area contributed by atoms with Crippen LogP contribution in [0.25, 0.3) is 5.57 Å². The van der Waals surface area contributed by atoms with Gasteiger partial charge in [-0.2, -0.15) is 8.51 Å². The Bertz CT molecular complexity index is 1240. The molecule has 37 heavy (non-hydrogen) atoms. The molecule has 0 amide bonds. The minimum Gasteiger partial charge on any atom is -0.487 e. The van der Waals surface area contributed by atoms with Crippen molar-refractivity contribution in [2.75, 3.05) is 36.8 Å². The molecule has 1 aromatic carbocycles.